The number of benzene rings is 1. The van der Waals surface area contributed by atoms with Gasteiger partial charge in [0.2, 0.25) is 0 Å². The fraction of sp³-hybridized carbons (Fsp3) is 0.600. The molecule has 0 bridgehead atoms. The molecule has 0 spiro atoms. The summed E-state index contributed by atoms with van der Waals surface area (Å²) in [5, 5.41) is 12.9. The molecule has 2 heterocycles. The SMILES string of the molecule is CCC1(CC)CN(c2nc(C(=O)Nc3ccc(OC4CC5C[C@H]5C4)c(O)c3)c(CC(F)(F)F)o2)C1. The number of alkyl halides is 3. The largest absolute Gasteiger partial charge is 0.504 e. The summed E-state index contributed by atoms with van der Waals surface area (Å²) in [4.78, 5) is 18.8. The van der Waals surface area contributed by atoms with Crippen molar-refractivity contribution in [3.8, 4) is 11.5 Å². The Hall–Kier alpha value is -2.91. The van der Waals surface area contributed by atoms with Gasteiger partial charge in [-0.3, -0.25) is 4.79 Å². The summed E-state index contributed by atoms with van der Waals surface area (Å²) < 4.78 is 50.8. The second kappa shape index (κ2) is 8.64. The van der Waals surface area contributed by atoms with Crippen LogP contribution >= 0.6 is 0 Å². The molecule has 7 nitrogen and oxygen atoms in total. The topological polar surface area (TPSA) is 87.8 Å². The van der Waals surface area contributed by atoms with Gasteiger partial charge in [0.15, 0.2) is 17.2 Å². The van der Waals surface area contributed by atoms with Crippen LogP contribution < -0.4 is 15.0 Å². The maximum absolute atomic E-state index is 13.2. The molecule has 1 amide bonds. The van der Waals surface area contributed by atoms with Crippen molar-refractivity contribution in [1.82, 2.24) is 4.98 Å². The lowest BCUT2D eigenvalue weighted by molar-refractivity contribution is -0.130. The summed E-state index contributed by atoms with van der Waals surface area (Å²) in [6, 6.07) is 4.43. The average molecular weight is 494 g/mol. The van der Waals surface area contributed by atoms with Gasteiger partial charge in [-0.05, 0) is 56.1 Å². The number of hydrogen-bond donors (Lipinski definition) is 2. The van der Waals surface area contributed by atoms with E-state index in [1.165, 1.54) is 12.5 Å². The van der Waals surface area contributed by atoms with Gasteiger partial charge in [-0.15, -0.1) is 0 Å². The third-order valence-corrected chi connectivity index (χ3v) is 7.80. The van der Waals surface area contributed by atoms with Gasteiger partial charge >= 0.3 is 6.18 Å². The van der Waals surface area contributed by atoms with Crippen molar-refractivity contribution in [3.05, 3.63) is 29.7 Å². The second-order valence-electron chi connectivity index (χ2n) is 10.2. The molecule has 5 rings (SSSR count). The normalized spacial score (nSPS) is 24.6. The van der Waals surface area contributed by atoms with Crippen LogP contribution in [0.3, 0.4) is 0 Å². The van der Waals surface area contributed by atoms with Crippen LogP contribution in [-0.4, -0.2) is 41.4 Å². The van der Waals surface area contributed by atoms with E-state index in [9.17, 15) is 23.1 Å². The van der Waals surface area contributed by atoms with Crippen LogP contribution in [0.25, 0.3) is 0 Å². The van der Waals surface area contributed by atoms with Crippen molar-refractivity contribution in [1.29, 1.82) is 0 Å². The lowest BCUT2D eigenvalue weighted by Gasteiger charge is -2.49. The van der Waals surface area contributed by atoms with Crippen molar-refractivity contribution in [2.75, 3.05) is 23.3 Å². The van der Waals surface area contributed by atoms with Crippen molar-refractivity contribution in [3.63, 3.8) is 0 Å². The first kappa shape index (κ1) is 23.8. The van der Waals surface area contributed by atoms with E-state index in [4.69, 9.17) is 9.15 Å². The van der Waals surface area contributed by atoms with Gasteiger partial charge in [0.1, 0.15) is 12.2 Å². The molecule has 1 aliphatic heterocycles. The first-order valence-electron chi connectivity index (χ1n) is 12.2. The van der Waals surface area contributed by atoms with Gasteiger partial charge in [-0.1, -0.05) is 13.8 Å². The van der Waals surface area contributed by atoms with Crippen LogP contribution in [0.15, 0.2) is 22.6 Å². The Kier molecular flexibility index (Phi) is 5.88. The molecule has 2 saturated carbocycles. The summed E-state index contributed by atoms with van der Waals surface area (Å²) >= 11 is 0. The van der Waals surface area contributed by atoms with Crippen molar-refractivity contribution in [2.24, 2.45) is 17.3 Å². The molecular weight excluding hydrogens is 463 g/mol. The molecule has 1 aromatic carbocycles. The number of hydrogen-bond acceptors (Lipinski definition) is 6. The number of phenolic OH excluding ortho intramolecular Hbond substituents is 1. The molecule has 2 aliphatic carbocycles. The number of oxazole rings is 1. The average Bonchev–Trinajstić information content (AvgIpc) is 3.17. The fourth-order valence-corrected chi connectivity index (χ4v) is 5.37. The van der Waals surface area contributed by atoms with Crippen LogP contribution in [-0.2, 0) is 6.42 Å². The smallest absolute Gasteiger partial charge is 0.396 e. The predicted molar refractivity (Wildman–Crippen MR) is 123 cm³/mol. The van der Waals surface area contributed by atoms with E-state index in [1.54, 1.807) is 17.0 Å². The molecule has 1 saturated heterocycles. The minimum absolute atomic E-state index is 0.0214. The van der Waals surface area contributed by atoms with E-state index in [0.717, 1.165) is 37.5 Å². The summed E-state index contributed by atoms with van der Waals surface area (Å²) in [7, 11) is 0. The molecular formula is C25H30F3N3O4. The molecule has 2 N–H and O–H groups in total. The number of nitrogens with one attached hydrogen (secondary N) is 1. The maximum Gasteiger partial charge on any atom is 0.396 e. The van der Waals surface area contributed by atoms with E-state index >= 15 is 0 Å². The Morgan fingerprint density at radius 2 is 1.91 bits per heavy atom. The molecule has 10 heteroatoms. The number of amides is 1. The van der Waals surface area contributed by atoms with Gasteiger partial charge < -0.3 is 24.5 Å². The molecule has 35 heavy (non-hydrogen) atoms. The zero-order valence-corrected chi connectivity index (χ0v) is 19.8. The van der Waals surface area contributed by atoms with Gasteiger partial charge in [-0.25, -0.2) is 0 Å². The molecule has 2 aromatic rings. The first-order valence-corrected chi connectivity index (χ1v) is 12.2. The standard InChI is InChI=1S/C25H30F3N3O4/c1-3-24(4-2)12-31(13-24)23-30-21(20(35-23)11-25(26,27)28)22(33)29-16-5-6-19(18(32)10-16)34-17-8-14-7-15(14)9-17/h5-6,10,14-15,17,32H,3-4,7-9,11-13H2,1-2H3,(H,29,33)/t14-,15?,17?/m0/s1. The number of aromatic hydroxyl groups is 1. The number of carbonyl (C=O) groups is 1. The summed E-state index contributed by atoms with van der Waals surface area (Å²) in [5.74, 6) is 0.284. The number of phenols is 1. The third kappa shape index (κ3) is 4.92. The molecule has 0 radical (unpaired) electrons. The summed E-state index contributed by atoms with van der Waals surface area (Å²) in [6.45, 7) is 5.38. The van der Waals surface area contributed by atoms with E-state index in [1.807, 2.05) is 0 Å². The Morgan fingerprint density at radius 3 is 2.51 bits per heavy atom. The monoisotopic (exact) mass is 493 g/mol. The Balaban J connectivity index is 1.29. The van der Waals surface area contributed by atoms with Crippen molar-refractivity contribution in [2.45, 2.75) is 64.7 Å². The van der Waals surface area contributed by atoms with E-state index in [2.05, 4.69) is 24.1 Å². The number of aromatic nitrogens is 1. The predicted octanol–water partition coefficient (Wildman–Crippen LogP) is 5.54. The molecule has 3 atom stereocenters. The number of nitrogens with zero attached hydrogens (tertiary/aromatic N) is 2. The molecule has 190 valence electrons. The quantitative estimate of drug-likeness (QED) is 0.502. The highest BCUT2D eigenvalue weighted by Gasteiger charge is 2.47. The van der Waals surface area contributed by atoms with Crippen LogP contribution in [0, 0.1) is 17.3 Å². The van der Waals surface area contributed by atoms with Gasteiger partial charge in [0.25, 0.3) is 11.9 Å². The molecule has 1 aromatic heterocycles. The third-order valence-electron chi connectivity index (χ3n) is 7.80. The zero-order valence-electron chi connectivity index (χ0n) is 19.8. The highest BCUT2D eigenvalue weighted by molar-refractivity contribution is 6.04. The molecule has 3 fully saturated rings. The van der Waals surface area contributed by atoms with Gasteiger partial charge in [0, 0.05) is 30.3 Å². The van der Waals surface area contributed by atoms with Crippen LogP contribution in [0.1, 0.15) is 62.2 Å². The molecule has 2 unspecified atom stereocenters. The molecule has 3 aliphatic rings. The Bertz CT molecular complexity index is 1090. The van der Waals surface area contributed by atoms with Crippen molar-refractivity contribution < 1.29 is 32.2 Å². The van der Waals surface area contributed by atoms with Crippen LogP contribution in [0.5, 0.6) is 11.5 Å². The first-order chi connectivity index (χ1) is 16.6. The number of anilines is 2. The lowest BCUT2D eigenvalue weighted by atomic mass is 9.75. The summed E-state index contributed by atoms with van der Waals surface area (Å²) in [5.41, 5.74) is -0.106. The highest BCUT2D eigenvalue weighted by Crippen LogP contribution is 2.53. The van der Waals surface area contributed by atoms with Crippen LogP contribution in [0.2, 0.25) is 0 Å². The minimum Gasteiger partial charge on any atom is -0.504 e. The number of rotatable bonds is 8. The highest BCUT2D eigenvalue weighted by atomic mass is 19.4. The Morgan fingerprint density at radius 1 is 1.23 bits per heavy atom. The van der Waals surface area contributed by atoms with E-state index in [0.29, 0.717) is 18.8 Å². The maximum atomic E-state index is 13.2. The van der Waals surface area contributed by atoms with Gasteiger partial charge in [-0.2, -0.15) is 18.2 Å². The number of carbonyl (C=O) groups excluding carboxylic acids is 1. The second-order valence-corrected chi connectivity index (χ2v) is 10.2. The lowest BCUT2D eigenvalue weighted by Crippen LogP contribution is -2.56. The number of halogens is 3. The summed E-state index contributed by atoms with van der Waals surface area (Å²) in [6.07, 6.45) is -0.790. The fourth-order valence-electron chi connectivity index (χ4n) is 5.37. The zero-order chi connectivity index (χ0) is 25.0. The van der Waals surface area contributed by atoms with Crippen molar-refractivity contribution >= 4 is 17.6 Å². The van der Waals surface area contributed by atoms with Gasteiger partial charge in [0.05, 0.1) is 6.10 Å². The van der Waals surface area contributed by atoms with E-state index < -0.39 is 30.0 Å². The minimum atomic E-state index is -4.56. The van der Waals surface area contributed by atoms with E-state index in [-0.39, 0.29) is 29.0 Å². The Labute approximate surface area is 201 Å². The number of ether oxygens (including phenoxy) is 1. The number of fused-ring (bicyclic) bond motifs is 1. The van der Waals surface area contributed by atoms with Crippen LogP contribution in [0.4, 0.5) is 24.9 Å².